The number of hydrogen-bond donors (Lipinski definition) is 2. The van der Waals surface area contributed by atoms with Crippen molar-refractivity contribution in [2.45, 2.75) is 0 Å². The third-order valence-electron chi connectivity index (χ3n) is 4.99. The van der Waals surface area contributed by atoms with Gasteiger partial charge in [0.05, 0.1) is 16.8 Å². The second-order valence-electron chi connectivity index (χ2n) is 6.80. The zero-order chi connectivity index (χ0) is 21.0. The number of nitrogens with one attached hydrogen (secondary N) is 1. The van der Waals surface area contributed by atoms with Crippen LogP contribution in [-0.2, 0) is 0 Å². The molecule has 0 fully saturated rings. The fraction of sp³-hybridized carbons (Fsp3) is 0. The summed E-state index contributed by atoms with van der Waals surface area (Å²) >= 11 is 0. The minimum absolute atomic E-state index is 0.0398. The van der Waals surface area contributed by atoms with Gasteiger partial charge in [-0.15, -0.1) is 0 Å². The largest absolute Gasteiger partial charge is 0.453 e. The number of benzene rings is 2. The van der Waals surface area contributed by atoms with Crippen molar-refractivity contribution in [1.29, 1.82) is 0 Å². The number of amides is 2. The molecule has 3 heterocycles. The monoisotopic (exact) mass is 399 g/mol. The Kier molecular flexibility index (Phi) is 3.69. The van der Waals surface area contributed by atoms with Gasteiger partial charge in [-0.05, 0) is 36.4 Å². The number of ketones is 1. The zero-order valence-corrected chi connectivity index (χ0v) is 15.3. The number of rotatable bonds is 3. The maximum Gasteiger partial charge on any atom is 0.262 e. The van der Waals surface area contributed by atoms with E-state index in [2.05, 4.69) is 5.32 Å². The Labute approximate surface area is 168 Å². The van der Waals surface area contributed by atoms with Gasteiger partial charge in [-0.1, -0.05) is 18.2 Å². The molecule has 8 nitrogen and oxygen atoms in total. The van der Waals surface area contributed by atoms with Crippen molar-refractivity contribution in [2.24, 2.45) is 0 Å². The Bertz CT molecular complexity index is 1410. The Morgan fingerprint density at radius 3 is 2.40 bits per heavy atom. The molecule has 0 atom stereocenters. The molecule has 2 aromatic carbocycles. The van der Waals surface area contributed by atoms with E-state index in [0.717, 1.165) is 16.0 Å². The molecule has 0 bridgehead atoms. The average Bonchev–Trinajstić information content (AvgIpc) is 3.29. The van der Waals surface area contributed by atoms with Crippen LogP contribution in [0.1, 0.15) is 36.8 Å². The van der Waals surface area contributed by atoms with Crippen LogP contribution in [0.15, 0.2) is 69.9 Å². The van der Waals surface area contributed by atoms with Crippen LogP contribution < -0.4 is 16.6 Å². The summed E-state index contributed by atoms with van der Waals surface area (Å²) in [5, 5.41) is 2.94. The number of furan rings is 1. The number of para-hydroxylation sites is 1. The van der Waals surface area contributed by atoms with E-state index in [1.807, 2.05) is 18.2 Å². The quantitative estimate of drug-likeness (QED) is 0.402. The SMILES string of the molecule is Nc1c2c(cc(=O)n1-c1ccc(C(=O)c3cc4ccccc4o3)cc1)C(=O)NC2=O. The van der Waals surface area contributed by atoms with Crippen molar-refractivity contribution in [3.05, 3.63) is 93.5 Å². The minimum Gasteiger partial charge on any atom is -0.453 e. The second-order valence-corrected chi connectivity index (χ2v) is 6.80. The van der Waals surface area contributed by atoms with Crippen LogP contribution in [0.4, 0.5) is 5.82 Å². The molecule has 0 aliphatic carbocycles. The third-order valence-corrected chi connectivity index (χ3v) is 4.99. The van der Waals surface area contributed by atoms with E-state index >= 15 is 0 Å². The van der Waals surface area contributed by atoms with Crippen LogP contribution in [0.5, 0.6) is 0 Å². The summed E-state index contributed by atoms with van der Waals surface area (Å²) < 4.78 is 6.73. The number of nitrogens with zero attached hydrogens (tertiary/aromatic N) is 1. The van der Waals surface area contributed by atoms with Crippen molar-refractivity contribution in [3.8, 4) is 5.69 Å². The summed E-state index contributed by atoms with van der Waals surface area (Å²) in [4.78, 5) is 49.0. The van der Waals surface area contributed by atoms with E-state index in [0.29, 0.717) is 16.8 Å². The molecule has 2 aromatic heterocycles. The molecule has 0 radical (unpaired) electrons. The van der Waals surface area contributed by atoms with Gasteiger partial charge in [0.25, 0.3) is 17.4 Å². The minimum atomic E-state index is -0.655. The number of carbonyl (C=O) groups excluding carboxylic acids is 3. The first-order valence-electron chi connectivity index (χ1n) is 8.99. The highest BCUT2D eigenvalue weighted by molar-refractivity contribution is 6.23. The number of pyridine rings is 1. The summed E-state index contributed by atoms with van der Waals surface area (Å²) in [6.07, 6.45) is 0. The van der Waals surface area contributed by atoms with Gasteiger partial charge in [0, 0.05) is 17.0 Å². The van der Waals surface area contributed by atoms with Gasteiger partial charge in [-0.2, -0.15) is 0 Å². The van der Waals surface area contributed by atoms with Crippen molar-refractivity contribution in [3.63, 3.8) is 0 Å². The van der Waals surface area contributed by atoms with Gasteiger partial charge >= 0.3 is 0 Å². The van der Waals surface area contributed by atoms with Gasteiger partial charge in [0.15, 0.2) is 5.76 Å². The molecule has 0 saturated carbocycles. The molecular formula is C22H13N3O5. The fourth-order valence-electron chi connectivity index (χ4n) is 3.54. The van der Waals surface area contributed by atoms with E-state index in [4.69, 9.17) is 10.2 Å². The number of fused-ring (bicyclic) bond motifs is 2. The molecule has 5 rings (SSSR count). The molecule has 0 saturated heterocycles. The standard InChI is InChI=1S/C22H13N3O5/c23-20-18-14(21(28)24-22(18)29)10-17(26)25(20)13-7-5-11(6-8-13)19(27)16-9-12-3-1-2-4-15(12)30-16/h1-10H,23H2,(H,24,28,29). The Morgan fingerprint density at radius 1 is 0.933 bits per heavy atom. The normalized spacial score (nSPS) is 12.8. The number of nitrogen functional groups attached to an aromatic ring is 1. The first-order chi connectivity index (χ1) is 14.4. The lowest BCUT2D eigenvalue weighted by Crippen LogP contribution is -2.24. The van der Waals surface area contributed by atoms with Crippen LogP contribution in [-0.4, -0.2) is 22.2 Å². The molecule has 4 aromatic rings. The first-order valence-corrected chi connectivity index (χ1v) is 8.99. The molecule has 1 aliphatic rings. The predicted octanol–water partition coefficient (Wildman–Crippen LogP) is 2.28. The number of nitrogens with two attached hydrogens (primary N) is 1. The number of anilines is 1. The Balaban J connectivity index is 1.54. The molecule has 8 heteroatoms. The fourth-order valence-corrected chi connectivity index (χ4v) is 3.54. The highest BCUT2D eigenvalue weighted by Gasteiger charge is 2.31. The van der Waals surface area contributed by atoms with Crippen LogP contribution in [0.3, 0.4) is 0 Å². The third kappa shape index (κ3) is 2.55. The molecule has 146 valence electrons. The lowest BCUT2D eigenvalue weighted by Gasteiger charge is -2.12. The summed E-state index contributed by atoms with van der Waals surface area (Å²) in [6.45, 7) is 0. The highest BCUT2D eigenvalue weighted by Crippen LogP contribution is 2.24. The first kappa shape index (κ1) is 17.6. The molecule has 2 amide bonds. The summed E-state index contributed by atoms with van der Waals surface area (Å²) in [6, 6.07) is 16.2. The number of hydrogen-bond acceptors (Lipinski definition) is 6. The van der Waals surface area contributed by atoms with Crippen molar-refractivity contribution < 1.29 is 18.8 Å². The lowest BCUT2D eigenvalue weighted by atomic mass is 10.1. The predicted molar refractivity (Wildman–Crippen MR) is 108 cm³/mol. The van der Waals surface area contributed by atoms with E-state index < -0.39 is 17.4 Å². The molecule has 1 aliphatic heterocycles. The van der Waals surface area contributed by atoms with E-state index in [1.54, 1.807) is 12.1 Å². The summed E-state index contributed by atoms with van der Waals surface area (Å²) in [5.74, 6) is -1.56. The highest BCUT2D eigenvalue weighted by atomic mass is 16.3. The Morgan fingerprint density at radius 2 is 1.67 bits per heavy atom. The number of carbonyl (C=O) groups is 3. The zero-order valence-electron chi connectivity index (χ0n) is 15.3. The molecule has 0 unspecified atom stereocenters. The maximum atomic E-state index is 12.8. The van der Waals surface area contributed by atoms with Crippen molar-refractivity contribution in [1.82, 2.24) is 9.88 Å². The van der Waals surface area contributed by atoms with Crippen LogP contribution in [0.25, 0.3) is 16.7 Å². The van der Waals surface area contributed by atoms with E-state index in [9.17, 15) is 19.2 Å². The van der Waals surface area contributed by atoms with Crippen molar-refractivity contribution in [2.75, 3.05) is 5.73 Å². The summed E-state index contributed by atoms with van der Waals surface area (Å²) in [5.41, 5.74) is 6.70. The van der Waals surface area contributed by atoms with Crippen LogP contribution in [0, 0.1) is 0 Å². The van der Waals surface area contributed by atoms with Crippen LogP contribution >= 0.6 is 0 Å². The average molecular weight is 399 g/mol. The van der Waals surface area contributed by atoms with Gasteiger partial charge in [0.2, 0.25) is 5.78 Å². The smallest absolute Gasteiger partial charge is 0.262 e. The topological polar surface area (TPSA) is 124 Å². The van der Waals surface area contributed by atoms with Gasteiger partial charge in [0.1, 0.15) is 11.4 Å². The second kappa shape index (κ2) is 6.28. The number of imide groups is 1. The molecule has 30 heavy (non-hydrogen) atoms. The summed E-state index contributed by atoms with van der Waals surface area (Å²) in [7, 11) is 0. The van der Waals surface area contributed by atoms with Gasteiger partial charge in [-0.3, -0.25) is 29.1 Å². The lowest BCUT2D eigenvalue weighted by molar-refractivity contribution is 0.0879. The van der Waals surface area contributed by atoms with Gasteiger partial charge < -0.3 is 10.2 Å². The molecule has 3 N–H and O–H groups in total. The van der Waals surface area contributed by atoms with Crippen molar-refractivity contribution >= 4 is 34.4 Å². The maximum absolute atomic E-state index is 12.8. The van der Waals surface area contributed by atoms with Crippen LogP contribution in [0.2, 0.25) is 0 Å². The van der Waals surface area contributed by atoms with Gasteiger partial charge in [-0.25, -0.2) is 0 Å². The van der Waals surface area contributed by atoms with E-state index in [-0.39, 0.29) is 28.5 Å². The Hall–Kier alpha value is -4.46. The molecular weight excluding hydrogens is 386 g/mol. The van der Waals surface area contributed by atoms with E-state index in [1.165, 1.54) is 24.3 Å². The number of aromatic nitrogens is 1. The molecule has 0 spiro atoms.